The molecule has 1 aromatic carbocycles. The first kappa shape index (κ1) is 15.3. The van der Waals surface area contributed by atoms with Crippen LogP contribution >= 0.6 is 0 Å². The van der Waals surface area contributed by atoms with Crippen molar-refractivity contribution in [1.82, 2.24) is 0 Å². The van der Waals surface area contributed by atoms with Gasteiger partial charge in [-0.25, -0.2) is 4.79 Å². The van der Waals surface area contributed by atoms with Crippen molar-refractivity contribution in [3.05, 3.63) is 47.5 Å². The molecule has 0 radical (unpaired) electrons. The third kappa shape index (κ3) is 4.74. The molecule has 1 atom stereocenters. The highest BCUT2D eigenvalue weighted by molar-refractivity contribution is 5.83. The van der Waals surface area contributed by atoms with Gasteiger partial charge in [0.15, 0.2) is 0 Å². The molecular weight excluding hydrogens is 268 g/mol. The average Bonchev–Trinajstić information content (AvgIpc) is 2.94. The van der Waals surface area contributed by atoms with Gasteiger partial charge in [-0.3, -0.25) is 4.79 Å². The topological polar surface area (TPSA) is 52.6 Å². The summed E-state index contributed by atoms with van der Waals surface area (Å²) in [5.41, 5.74) is 1.95. The Labute approximate surface area is 124 Å². The number of benzene rings is 1. The third-order valence-corrected chi connectivity index (χ3v) is 3.49. The zero-order valence-electron chi connectivity index (χ0n) is 12.2. The zero-order valence-corrected chi connectivity index (χ0v) is 12.2. The standard InChI is InChI=1S/C17H20O4/c1-2-20-16(18)11-14-8-9-15(10-14)17(19)21-12-13-6-4-3-5-7-13/h3-7,11,15H,2,8-10,12H2,1H3/b14-11-. The van der Waals surface area contributed by atoms with Gasteiger partial charge in [-0.05, 0) is 31.7 Å². The highest BCUT2D eigenvalue weighted by atomic mass is 16.5. The largest absolute Gasteiger partial charge is 0.463 e. The Morgan fingerprint density at radius 3 is 2.71 bits per heavy atom. The molecule has 1 unspecified atom stereocenters. The summed E-state index contributed by atoms with van der Waals surface area (Å²) in [6, 6.07) is 9.61. The normalized spacial score (nSPS) is 19.5. The second-order valence-corrected chi connectivity index (χ2v) is 5.09. The quantitative estimate of drug-likeness (QED) is 0.617. The Hall–Kier alpha value is -2.10. The summed E-state index contributed by atoms with van der Waals surface area (Å²) in [6.07, 6.45) is 3.59. The van der Waals surface area contributed by atoms with Crippen LogP contribution in [0.4, 0.5) is 0 Å². The van der Waals surface area contributed by atoms with E-state index >= 15 is 0 Å². The molecule has 0 bridgehead atoms. The minimum atomic E-state index is -0.328. The van der Waals surface area contributed by atoms with Crippen molar-refractivity contribution in [3.8, 4) is 0 Å². The van der Waals surface area contributed by atoms with Crippen LogP contribution in [0, 0.1) is 5.92 Å². The summed E-state index contributed by atoms with van der Waals surface area (Å²) < 4.78 is 10.2. The molecule has 21 heavy (non-hydrogen) atoms. The van der Waals surface area contributed by atoms with Gasteiger partial charge in [0, 0.05) is 6.08 Å². The maximum Gasteiger partial charge on any atom is 0.330 e. The fourth-order valence-electron chi connectivity index (χ4n) is 2.41. The van der Waals surface area contributed by atoms with Gasteiger partial charge in [-0.15, -0.1) is 0 Å². The van der Waals surface area contributed by atoms with E-state index in [0.29, 0.717) is 19.6 Å². The summed E-state index contributed by atoms with van der Waals surface area (Å²) in [6.45, 7) is 2.44. The zero-order chi connectivity index (χ0) is 15.1. The molecule has 0 N–H and O–H groups in total. The minimum Gasteiger partial charge on any atom is -0.463 e. The SMILES string of the molecule is CCOC(=O)/C=C1/CCC(C(=O)OCc2ccccc2)C1. The lowest BCUT2D eigenvalue weighted by Crippen LogP contribution is -2.14. The summed E-state index contributed by atoms with van der Waals surface area (Å²) in [4.78, 5) is 23.4. The lowest BCUT2D eigenvalue weighted by Gasteiger charge is -2.09. The van der Waals surface area contributed by atoms with E-state index < -0.39 is 0 Å². The number of esters is 2. The van der Waals surface area contributed by atoms with E-state index in [1.54, 1.807) is 6.92 Å². The van der Waals surface area contributed by atoms with Crippen molar-refractivity contribution in [2.75, 3.05) is 6.61 Å². The smallest absolute Gasteiger partial charge is 0.330 e. The van der Waals surface area contributed by atoms with E-state index in [9.17, 15) is 9.59 Å². The lowest BCUT2D eigenvalue weighted by atomic mass is 10.1. The van der Waals surface area contributed by atoms with Crippen LogP contribution in [0.2, 0.25) is 0 Å². The predicted octanol–water partition coefficient (Wildman–Crippen LogP) is 3.02. The van der Waals surface area contributed by atoms with Crippen LogP contribution in [0.1, 0.15) is 31.7 Å². The molecule has 1 aromatic rings. The van der Waals surface area contributed by atoms with Crippen LogP contribution in [0.15, 0.2) is 42.0 Å². The van der Waals surface area contributed by atoms with Gasteiger partial charge in [-0.2, -0.15) is 0 Å². The van der Waals surface area contributed by atoms with Crippen molar-refractivity contribution in [3.63, 3.8) is 0 Å². The fourth-order valence-corrected chi connectivity index (χ4v) is 2.41. The Kier molecular flexibility index (Phi) is 5.55. The van der Waals surface area contributed by atoms with Crippen molar-refractivity contribution >= 4 is 11.9 Å². The molecule has 1 saturated carbocycles. The van der Waals surface area contributed by atoms with Crippen LogP contribution in [-0.4, -0.2) is 18.5 Å². The highest BCUT2D eigenvalue weighted by Gasteiger charge is 2.27. The summed E-state index contributed by atoms with van der Waals surface area (Å²) in [7, 11) is 0. The van der Waals surface area contributed by atoms with E-state index in [-0.39, 0.29) is 17.9 Å². The minimum absolute atomic E-state index is 0.144. The van der Waals surface area contributed by atoms with Crippen molar-refractivity contribution in [2.24, 2.45) is 5.92 Å². The molecule has 112 valence electrons. The Morgan fingerprint density at radius 2 is 2.00 bits per heavy atom. The number of hydrogen-bond acceptors (Lipinski definition) is 4. The third-order valence-electron chi connectivity index (χ3n) is 3.49. The van der Waals surface area contributed by atoms with Crippen LogP contribution in [-0.2, 0) is 25.7 Å². The molecule has 1 aliphatic rings. The molecule has 2 rings (SSSR count). The van der Waals surface area contributed by atoms with Crippen LogP contribution < -0.4 is 0 Å². The number of ether oxygens (including phenoxy) is 2. The van der Waals surface area contributed by atoms with Crippen molar-refractivity contribution < 1.29 is 19.1 Å². The summed E-state index contributed by atoms with van der Waals surface area (Å²) in [5, 5.41) is 0. The van der Waals surface area contributed by atoms with Gasteiger partial charge >= 0.3 is 11.9 Å². The molecule has 0 aliphatic heterocycles. The Bertz CT molecular complexity index is 519. The molecule has 0 aromatic heterocycles. The second kappa shape index (κ2) is 7.62. The number of carbonyl (C=O) groups is 2. The van der Waals surface area contributed by atoms with Crippen LogP contribution in [0.25, 0.3) is 0 Å². The summed E-state index contributed by atoms with van der Waals surface area (Å²) >= 11 is 0. The maximum absolute atomic E-state index is 12.0. The van der Waals surface area contributed by atoms with Gasteiger partial charge in [-0.1, -0.05) is 35.9 Å². The van der Waals surface area contributed by atoms with E-state index in [4.69, 9.17) is 9.47 Å². The molecule has 4 heteroatoms. The van der Waals surface area contributed by atoms with Crippen LogP contribution in [0.3, 0.4) is 0 Å². The Morgan fingerprint density at radius 1 is 1.24 bits per heavy atom. The number of allylic oxidation sites excluding steroid dienone is 1. The first-order chi connectivity index (χ1) is 10.2. The van der Waals surface area contributed by atoms with Gasteiger partial charge in [0.25, 0.3) is 0 Å². The number of carbonyl (C=O) groups excluding carboxylic acids is 2. The molecule has 1 aliphatic carbocycles. The highest BCUT2D eigenvalue weighted by Crippen LogP contribution is 2.31. The molecular formula is C17H20O4. The van der Waals surface area contributed by atoms with Gasteiger partial charge < -0.3 is 9.47 Å². The van der Waals surface area contributed by atoms with E-state index in [2.05, 4.69) is 0 Å². The molecule has 0 spiro atoms. The monoisotopic (exact) mass is 288 g/mol. The maximum atomic E-state index is 12.0. The molecule has 0 amide bonds. The van der Waals surface area contributed by atoms with Gasteiger partial charge in [0.1, 0.15) is 6.61 Å². The molecule has 0 saturated heterocycles. The number of hydrogen-bond donors (Lipinski definition) is 0. The first-order valence-electron chi connectivity index (χ1n) is 7.25. The average molecular weight is 288 g/mol. The van der Waals surface area contributed by atoms with Crippen molar-refractivity contribution in [1.29, 1.82) is 0 Å². The van der Waals surface area contributed by atoms with Crippen molar-refractivity contribution in [2.45, 2.75) is 32.8 Å². The molecule has 0 heterocycles. The first-order valence-corrected chi connectivity index (χ1v) is 7.25. The van der Waals surface area contributed by atoms with E-state index in [0.717, 1.165) is 24.0 Å². The van der Waals surface area contributed by atoms with Gasteiger partial charge in [0.2, 0.25) is 0 Å². The fraction of sp³-hybridized carbons (Fsp3) is 0.412. The van der Waals surface area contributed by atoms with E-state index in [1.165, 1.54) is 6.08 Å². The van der Waals surface area contributed by atoms with Crippen LogP contribution in [0.5, 0.6) is 0 Å². The lowest BCUT2D eigenvalue weighted by molar-refractivity contribution is -0.149. The predicted molar refractivity (Wildman–Crippen MR) is 78.3 cm³/mol. The number of rotatable bonds is 5. The second-order valence-electron chi connectivity index (χ2n) is 5.09. The molecule has 1 fully saturated rings. The summed E-state index contributed by atoms with van der Waals surface area (Å²) in [5.74, 6) is -0.661. The van der Waals surface area contributed by atoms with Gasteiger partial charge in [0.05, 0.1) is 12.5 Å². The van der Waals surface area contributed by atoms with E-state index in [1.807, 2.05) is 30.3 Å². The molecule has 4 nitrogen and oxygen atoms in total. The Balaban J connectivity index is 1.81.